The molecule has 0 radical (unpaired) electrons. The van der Waals surface area contributed by atoms with Crippen molar-refractivity contribution in [1.29, 1.82) is 0 Å². The smallest absolute Gasteiger partial charge is 0.123 e. The summed E-state index contributed by atoms with van der Waals surface area (Å²) >= 11 is 0. The molecule has 3 heteroatoms. The quantitative estimate of drug-likeness (QED) is 0.789. The molecule has 0 aliphatic rings. The summed E-state index contributed by atoms with van der Waals surface area (Å²) in [6.45, 7) is 2.98. The van der Waals surface area contributed by atoms with E-state index in [0.29, 0.717) is 5.92 Å². The lowest BCUT2D eigenvalue weighted by molar-refractivity contribution is 0.0949. The fourth-order valence-electron chi connectivity index (χ4n) is 2.09. The molecule has 96 valence electrons. The predicted molar refractivity (Wildman–Crippen MR) is 68.6 cm³/mol. The Morgan fingerprint density at radius 3 is 2.76 bits per heavy atom. The molecule has 17 heavy (non-hydrogen) atoms. The first-order valence-corrected chi connectivity index (χ1v) is 6.07. The number of methoxy groups -OCH3 is 1. The molecule has 0 spiro atoms. The summed E-state index contributed by atoms with van der Waals surface area (Å²) in [5, 5.41) is 3.18. The fourth-order valence-corrected chi connectivity index (χ4v) is 2.09. The van der Waals surface area contributed by atoms with Crippen LogP contribution in [0.1, 0.15) is 18.9 Å². The van der Waals surface area contributed by atoms with Gasteiger partial charge in [0.1, 0.15) is 5.82 Å². The Bertz CT molecular complexity index is 330. The van der Waals surface area contributed by atoms with Crippen molar-refractivity contribution in [3.63, 3.8) is 0 Å². The van der Waals surface area contributed by atoms with E-state index < -0.39 is 0 Å². The average molecular weight is 239 g/mol. The van der Waals surface area contributed by atoms with Gasteiger partial charge in [0.05, 0.1) is 6.10 Å². The van der Waals surface area contributed by atoms with Crippen LogP contribution in [0.2, 0.25) is 0 Å². The monoisotopic (exact) mass is 239 g/mol. The van der Waals surface area contributed by atoms with Crippen LogP contribution in [0.15, 0.2) is 24.3 Å². The number of halogens is 1. The molecule has 2 nitrogen and oxygen atoms in total. The van der Waals surface area contributed by atoms with Crippen LogP contribution < -0.4 is 5.32 Å². The van der Waals surface area contributed by atoms with Gasteiger partial charge in [-0.2, -0.15) is 0 Å². The Labute approximate surface area is 103 Å². The standard InChI is InChI=1S/C14H22FNO/c1-11(17-3)7-13(10-16-2)8-12-5-4-6-14(15)9-12/h4-6,9,11,13,16H,7-8,10H2,1-3H3. The molecule has 1 aromatic rings. The van der Waals surface area contributed by atoms with Crippen molar-refractivity contribution in [2.45, 2.75) is 25.9 Å². The maximum Gasteiger partial charge on any atom is 0.123 e. The van der Waals surface area contributed by atoms with Crippen molar-refractivity contribution < 1.29 is 9.13 Å². The van der Waals surface area contributed by atoms with Gasteiger partial charge in [0.15, 0.2) is 0 Å². The number of nitrogens with one attached hydrogen (secondary N) is 1. The van der Waals surface area contributed by atoms with Crippen molar-refractivity contribution in [2.75, 3.05) is 20.7 Å². The van der Waals surface area contributed by atoms with E-state index in [9.17, 15) is 4.39 Å². The van der Waals surface area contributed by atoms with Crippen molar-refractivity contribution in [3.05, 3.63) is 35.6 Å². The van der Waals surface area contributed by atoms with E-state index in [-0.39, 0.29) is 11.9 Å². The fraction of sp³-hybridized carbons (Fsp3) is 0.571. The molecular formula is C14H22FNO. The van der Waals surface area contributed by atoms with Crippen molar-refractivity contribution >= 4 is 0 Å². The summed E-state index contributed by atoms with van der Waals surface area (Å²) in [6, 6.07) is 6.83. The van der Waals surface area contributed by atoms with Crippen LogP contribution in [-0.2, 0) is 11.2 Å². The predicted octanol–water partition coefficient (Wildman–Crippen LogP) is 2.63. The Hall–Kier alpha value is -0.930. The molecule has 0 aliphatic carbocycles. The highest BCUT2D eigenvalue weighted by Gasteiger charge is 2.13. The van der Waals surface area contributed by atoms with Gasteiger partial charge in [-0.15, -0.1) is 0 Å². The number of hydrogen-bond donors (Lipinski definition) is 1. The van der Waals surface area contributed by atoms with Gasteiger partial charge in [-0.25, -0.2) is 4.39 Å². The Morgan fingerprint density at radius 1 is 1.41 bits per heavy atom. The maximum atomic E-state index is 13.1. The Morgan fingerprint density at radius 2 is 2.18 bits per heavy atom. The molecule has 0 saturated heterocycles. The first-order chi connectivity index (χ1) is 8.15. The molecule has 0 bridgehead atoms. The minimum Gasteiger partial charge on any atom is -0.382 e. The minimum absolute atomic E-state index is 0.162. The number of benzene rings is 1. The van der Waals surface area contributed by atoms with Crippen LogP contribution in [0.4, 0.5) is 4.39 Å². The molecule has 1 N–H and O–H groups in total. The van der Waals surface area contributed by atoms with Crippen molar-refractivity contribution in [2.24, 2.45) is 5.92 Å². The van der Waals surface area contributed by atoms with E-state index in [0.717, 1.165) is 24.9 Å². The van der Waals surface area contributed by atoms with E-state index in [1.807, 2.05) is 13.1 Å². The summed E-state index contributed by atoms with van der Waals surface area (Å²) < 4.78 is 18.4. The number of hydrogen-bond acceptors (Lipinski definition) is 2. The largest absolute Gasteiger partial charge is 0.382 e. The molecule has 0 saturated carbocycles. The van der Waals surface area contributed by atoms with Gasteiger partial charge < -0.3 is 10.1 Å². The minimum atomic E-state index is -0.162. The molecule has 0 heterocycles. The normalized spacial score (nSPS) is 14.6. The zero-order chi connectivity index (χ0) is 12.7. The zero-order valence-corrected chi connectivity index (χ0v) is 10.9. The van der Waals surface area contributed by atoms with Crippen LogP contribution in [0, 0.1) is 11.7 Å². The van der Waals surface area contributed by atoms with Crippen LogP contribution in [0.5, 0.6) is 0 Å². The second-order valence-electron chi connectivity index (χ2n) is 4.54. The van der Waals surface area contributed by atoms with Crippen LogP contribution in [0.25, 0.3) is 0 Å². The first-order valence-electron chi connectivity index (χ1n) is 6.07. The summed E-state index contributed by atoms with van der Waals surface area (Å²) in [4.78, 5) is 0. The SMILES string of the molecule is CNCC(Cc1cccc(F)c1)CC(C)OC. The van der Waals surface area contributed by atoms with Gasteiger partial charge in [-0.1, -0.05) is 12.1 Å². The van der Waals surface area contributed by atoms with Gasteiger partial charge in [0, 0.05) is 7.11 Å². The highest BCUT2D eigenvalue weighted by atomic mass is 19.1. The third-order valence-corrected chi connectivity index (χ3v) is 2.97. The highest BCUT2D eigenvalue weighted by molar-refractivity contribution is 5.16. The summed E-state index contributed by atoms with van der Waals surface area (Å²) in [5.74, 6) is 0.308. The van der Waals surface area contributed by atoms with E-state index in [4.69, 9.17) is 4.74 Å². The molecule has 2 unspecified atom stereocenters. The van der Waals surface area contributed by atoms with Crippen molar-refractivity contribution in [1.82, 2.24) is 5.32 Å². The third-order valence-electron chi connectivity index (χ3n) is 2.97. The van der Waals surface area contributed by atoms with E-state index in [1.165, 1.54) is 6.07 Å². The van der Waals surface area contributed by atoms with Gasteiger partial charge in [-0.3, -0.25) is 0 Å². The Kier molecular flexibility index (Phi) is 6.16. The first kappa shape index (κ1) is 14.1. The van der Waals surface area contributed by atoms with Gasteiger partial charge in [0.2, 0.25) is 0 Å². The topological polar surface area (TPSA) is 21.3 Å². The zero-order valence-electron chi connectivity index (χ0n) is 10.9. The lowest BCUT2D eigenvalue weighted by Gasteiger charge is -2.20. The van der Waals surface area contributed by atoms with Crippen LogP contribution in [-0.4, -0.2) is 26.8 Å². The molecule has 0 aliphatic heterocycles. The molecular weight excluding hydrogens is 217 g/mol. The van der Waals surface area contributed by atoms with E-state index >= 15 is 0 Å². The Balaban J connectivity index is 2.59. The number of rotatable bonds is 7. The lowest BCUT2D eigenvalue weighted by atomic mass is 9.94. The second-order valence-corrected chi connectivity index (χ2v) is 4.54. The third kappa shape index (κ3) is 5.29. The summed E-state index contributed by atoms with van der Waals surface area (Å²) in [5.41, 5.74) is 1.05. The molecule has 0 amide bonds. The van der Waals surface area contributed by atoms with Gasteiger partial charge in [0.25, 0.3) is 0 Å². The maximum absolute atomic E-state index is 13.1. The second kappa shape index (κ2) is 7.41. The van der Waals surface area contributed by atoms with Gasteiger partial charge in [-0.05, 0) is 57.0 Å². The van der Waals surface area contributed by atoms with Gasteiger partial charge >= 0.3 is 0 Å². The van der Waals surface area contributed by atoms with Crippen LogP contribution >= 0.6 is 0 Å². The van der Waals surface area contributed by atoms with Crippen LogP contribution in [0.3, 0.4) is 0 Å². The molecule has 1 aromatic carbocycles. The molecule has 0 aromatic heterocycles. The molecule has 1 rings (SSSR count). The van der Waals surface area contributed by atoms with E-state index in [1.54, 1.807) is 19.2 Å². The lowest BCUT2D eigenvalue weighted by Crippen LogP contribution is -2.24. The van der Waals surface area contributed by atoms with Crippen molar-refractivity contribution in [3.8, 4) is 0 Å². The van der Waals surface area contributed by atoms with E-state index in [2.05, 4.69) is 12.2 Å². The summed E-state index contributed by atoms with van der Waals surface area (Å²) in [6.07, 6.45) is 2.10. The number of ether oxygens (including phenoxy) is 1. The average Bonchev–Trinajstić information content (AvgIpc) is 2.29. The summed E-state index contributed by atoms with van der Waals surface area (Å²) in [7, 11) is 3.67. The highest BCUT2D eigenvalue weighted by Crippen LogP contribution is 2.16. The molecule has 2 atom stereocenters. The molecule has 0 fully saturated rings.